The predicted molar refractivity (Wildman–Crippen MR) is 277 cm³/mol. The first-order chi connectivity index (χ1) is 34.1. The molecule has 0 aromatic rings. The summed E-state index contributed by atoms with van der Waals surface area (Å²) in [6.07, 6.45) is 33.2. The van der Waals surface area contributed by atoms with Crippen molar-refractivity contribution in [1.82, 2.24) is 5.32 Å². The van der Waals surface area contributed by atoms with Gasteiger partial charge in [0.1, 0.15) is 48.8 Å². The lowest BCUT2D eigenvalue weighted by Crippen LogP contribution is -2.65. The summed E-state index contributed by atoms with van der Waals surface area (Å²) in [6, 6.07) is -0.921. The second-order valence-corrected chi connectivity index (χ2v) is 20.1. The van der Waals surface area contributed by atoms with Crippen LogP contribution in [0.4, 0.5) is 0 Å². The Morgan fingerprint density at radius 1 is 0.514 bits per heavy atom. The summed E-state index contributed by atoms with van der Waals surface area (Å²) in [5, 5.41) is 86.9. The van der Waals surface area contributed by atoms with Crippen LogP contribution in [0.2, 0.25) is 0 Å². The highest BCUT2D eigenvalue weighted by atomic mass is 16.7. The van der Waals surface area contributed by atoms with E-state index in [1.807, 2.05) is 6.08 Å². The van der Waals surface area contributed by atoms with Gasteiger partial charge in [-0.1, -0.05) is 198 Å². The van der Waals surface area contributed by atoms with Crippen molar-refractivity contribution < 1.29 is 64.6 Å². The zero-order chi connectivity index (χ0) is 51.0. The van der Waals surface area contributed by atoms with Crippen LogP contribution in [0.1, 0.15) is 219 Å². The Morgan fingerprint density at radius 3 is 1.46 bits per heavy atom. The maximum atomic E-state index is 13.2. The van der Waals surface area contributed by atoms with Crippen LogP contribution in [0, 0.1) is 0 Å². The Morgan fingerprint density at radius 2 is 0.943 bits per heavy atom. The molecule has 0 aromatic heterocycles. The molecule has 14 nitrogen and oxygen atoms in total. The Balaban J connectivity index is 1.80. The SMILES string of the molecule is CCCCC/C=C\C/C=C\CCCCCCCC(=O)NC(COC1OC(CO)C(OC2OC(CO)C(O)C(O)C2O)C(O)C1O)C(O)/C=C/CCCCCCCCCCCCCCCCCCCCC. The highest BCUT2D eigenvalue weighted by molar-refractivity contribution is 5.76. The van der Waals surface area contributed by atoms with E-state index in [0.29, 0.717) is 6.42 Å². The number of hydrogen-bond donors (Lipinski definition) is 9. The molecule has 70 heavy (non-hydrogen) atoms. The summed E-state index contributed by atoms with van der Waals surface area (Å²) in [7, 11) is 0. The minimum absolute atomic E-state index is 0.253. The van der Waals surface area contributed by atoms with Gasteiger partial charge in [0.2, 0.25) is 5.91 Å². The highest BCUT2D eigenvalue weighted by Crippen LogP contribution is 2.30. The molecule has 2 rings (SSSR count). The summed E-state index contributed by atoms with van der Waals surface area (Å²) >= 11 is 0. The molecule has 9 N–H and O–H groups in total. The molecule has 0 aromatic carbocycles. The van der Waals surface area contributed by atoms with E-state index in [1.54, 1.807) is 6.08 Å². The first kappa shape index (κ1) is 64.3. The van der Waals surface area contributed by atoms with Crippen molar-refractivity contribution in [1.29, 1.82) is 0 Å². The Labute approximate surface area is 423 Å². The van der Waals surface area contributed by atoms with Gasteiger partial charge in [-0.25, -0.2) is 0 Å². The topological polar surface area (TPSA) is 228 Å². The molecule has 410 valence electrons. The van der Waals surface area contributed by atoms with Crippen LogP contribution < -0.4 is 5.32 Å². The van der Waals surface area contributed by atoms with Crippen LogP contribution in [0.3, 0.4) is 0 Å². The summed E-state index contributed by atoms with van der Waals surface area (Å²) < 4.78 is 22.7. The van der Waals surface area contributed by atoms with Gasteiger partial charge >= 0.3 is 0 Å². The van der Waals surface area contributed by atoms with E-state index in [1.165, 1.54) is 128 Å². The fourth-order valence-corrected chi connectivity index (χ4v) is 9.20. The van der Waals surface area contributed by atoms with Crippen molar-refractivity contribution in [2.45, 2.75) is 293 Å². The third-order valence-corrected chi connectivity index (χ3v) is 13.8. The predicted octanol–water partition coefficient (Wildman–Crippen LogP) is 8.66. The molecule has 12 atom stereocenters. The number of nitrogens with one attached hydrogen (secondary N) is 1. The normalized spacial score (nSPS) is 26.2. The molecular weight excluding hydrogens is 895 g/mol. The molecule has 2 fully saturated rings. The number of aliphatic hydroxyl groups is 8. The zero-order valence-corrected chi connectivity index (χ0v) is 43.8. The van der Waals surface area contributed by atoms with Gasteiger partial charge in [0, 0.05) is 6.42 Å². The first-order valence-corrected chi connectivity index (χ1v) is 28.2. The summed E-state index contributed by atoms with van der Waals surface area (Å²) in [4.78, 5) is 13.2. The molecule has 14 heteroatoms. The number of allylic oxidation sites excluding steroid dienone is 5. The fourth-order valence-electron chi connectivity index (χ4n) is 9.20. The van der Waals surface area contributed by atoms with Crippen LogP contribution in [-0.2, 0) is 23.7 Å². The fraction of sp³-hybridized carbons (Fsp3) is 0.875. The van der Waals surface area contributed by atoms with Crippen molar-refractivity contribution >= 4 is 5.91 Å². The molecule has 1 amide bonds. The van der Waals surface area contributed by atoms with Gasteiger partial charge in [-0.15, -0.1) is 0 Å². The van der Waals surface area contributed by atoms with Crippen molar-refractivity contribution in [3.63, 3.8) is 0 Å². The van der Waals surface area contributed by atoms with E-state index >= 15 is 0 Å². The quantitative estimate of drug-likeness (QED) is 0.0206. The van der Waals surface area contributed by atoms with E-state index in [4.69, 9.17) is 18.9 Å². The lowest BCUT2D eigenvalue weighted by molar-refractivity contribution is -0.359. The lowest BCUT2D eigenvalue weighted by Gasteiger charge is -2.46. The van der Waals surface area contributed by atoms with Gasteiger partial charge in [0.15, 0.2) is 12.6 Å². The highest BCUT2D eigenvalue weighted by Gasteiger charge is 2.51. The molecule has 12 unspecified atom stereocenters. The van der Waals surface area contributed by atoms with E-state index in [2.05, 4.69) is 43.5 Å². The minimum Gasteiger partial charge on any atom is -0.394 e. The maximum Gasteiger partial charge on any atom is 0.220 e. The lowest BCUT2D eigenvalue weighted by atomic mass is 9.97. The van der Waals surface area contributed by atoms with Crippen LogP contribution in [-0.4, -0.2) is 140 Å². The molecule has 2 heterocycles. The number of hydrogen-bond acceptors (Lipinski definition) is 13. The first-order valence-electron chi connectivity index (χ1n) is 28.2. The van der Waals surface area contributed by atoms with E-state index < -0.39 is 86.8 Å². The van der Waals surface area contributed by atoms with Gasteiger partial charge in [0.25, 0.3) is 0 Å². The van der Waals surface area contributed by atoms with Crippen LogP contribution >= 0.6 is 0 Å². The van der Waals surface area contributed by atoms with E-state index in [9.17, 15) is 45.6 Å². The third-order valence-electron chi connectivity index (χ3n) is 13.8. The van der Waals surface area contributed by atoms with Crippen LogP contribution in [0.25, 0.3) is 0 Å². The molecule has 0 spiro atoms. The summed E-state index contributed by atoms with van der Waals surface area (Å²) in [5.74, 6) is -0.253. The zero-order valence-electron chi connectivity index (χ0n) is 43.8. The summed E-state index contributed by atoms with van der Waals surface area (Å²) in [6.45, 7) is 2.76. The molecule has 0 bridgehead atoms. The molecule has 2 aliphatic heterocycles. The monoisotopic (exact) mass is 998 g/mol. The molecule has 2 saturated heterocycles. The largest absolute Gasteiger partial charge is 0.394 e. The third kappa shape index (κ3) is 28.6. The van der Waals surface area contributed by atoms with Crippen molar-refractivity contribution in [3.8, 4) is 0 Å². The van der Waals surface area contributed by atoms with Crippen LogP contribution in [0.15, 0.2) is 36.5 Å². The number of carbonyl (C=O) groups is 1. The molecule has 0 saturated carbocycles. The minimum atomic E-state index is -1.79. The molecule has 0 radical (unpaired) electrons. The van der Waals surface area contributed by atoms with E-state index in [0.717, 1.165) is 64.2 Å². The standard InChI is InChI=1S/C56H103NO13/c1-3-5-7-9-11-13-15-17-19-20-21-22-23-24-26-27-29-31-33-35-37-39-45(60)44(57-48(61)40-38-36-34-32-30-28-25-18-16-14-12-10-8-6-4-2)43-67-55-53(66)51(64)54(47(42-59)69-55)70-56-52(65)50(63)49(62)46(41-58)68-56/h12,14,18,25,37,39,44-47,49-56,58-60,62-66H,3-11,13,15-17,19-24,26-36,38,40-43H2,1-2H3,(H,57,61)/b14-12-,25-18-,39-37+. The molecular formula is C56H103NO13. The Bertz CT molecular complexity index is 1320. The number of rotatable bonds is 44. The van der Waals surface area contributed by atoms with Gasteiger partial charge in [-0.2, -0.15) is 0 Å². The molecule has 2 aliphatic rings. The average molecular weight is 998 g/mol. The average Bonchev–Trinajstić information content (AvgIpc) is 3.36. The Hall–Kier alpha value is -1.79. The van der Waals surface area contributed by atoms with Gasteiger partial charge < -0.3 is 65.1 Å². The van der Waals surface area contributed by atoms with Gasteiger partial charge in [-0.05, 0) is 51.4 Å². The number of carbonyl (C=O) groups excluding carboxylic acids is 1. The van der Waals surface area contributed by atoms with Gasteiger partial charge in [-0.3, -0.25) is 4.79 Å². The molecule has 0 aliphatic carbocycles. The smallest absolute Gasteiger partial charge is 0.220 e. The number of aliphatic hydroxyl groups excluding tert-OH is 8. The number of amides is 1. The summed E-state index contributed by atoms with van der Waals surface area (Å²) in [5.41, 5.74) is 0. The maximum absolute atomic E-state index is 13.2. The van der Waals surface area contributed by atoms with Crippen molar-refractivity contribution in [3.05, 3.63) is 36.5 Å². The van der Waals surface area contributed by atoms with Gasteiger partial charge in [0.05, 0.1) is 32.0 Å². The van der Waals surface area contributed by atoms with Crippen LogP contribution in [0.5, 0.6) is 0 Å². The number of ether oxygens (including phenoxy) is 4. The second kappa shape index (κ2) is 42.6. The van der Waals surface area contributed by atoms with Crippen molar-refractivity contribution in [2.24, 2.45) is 0 Å². The number of unbranched alkanes of at least 4 members (excludes halogenated alkanes) is 27. The van der Waals surface area contributed by atoms with Crippen molar-refractivity contribution in [2.75, 3.05) is 19.8 Å². The second-order valence-electron chi connectivity index (χ2n) is 20.1. The Kier molecular flexibility index (Phi) is 39.1. The van der Waals surface area contributed by atoms with E-state index in [-0.39, 0.29) is 18.9 Å².